The lowest BCUT2D eigenvalue weighted by Crippen LogP contribution is -2.58. The topological polar surface area (TPSA) is 102 Å². The molecule has 1 amide bonds. The molecule has 0 saturated carbocycles. The van der Waals surface area contributed by atoms with Crippen molar-refractivity contribution in [1.82, 2.24) is 15.1 Å². The number of hydrogen-bond donors (Lipinski definition) is 3. The number of amides is 1. The molecule has 9 heteroatoms. The largest absolute Gasteiger partial charge is 0.507 e. The number of carboxylic acid groups (broad SMARTS) is 1. The molecule has 2 aliphatic heterocycles. The van der Waals surface area contributed by atoms with E-state index in [2.05, 4.69) is 10.2 Å². The molecule has 2 heterocycles. The van der Waals surface area contributed by atoms with Gasteiger partial charge in [-0.3, -0.25) is 9.69 Å². The van der Waals surface area contributed by atoms with Gasteiger partial charge in [0.15, 0.2) is 0 Å². The zero-order valence-electron chi connectivity index (χ0n) is 16.2. The second-order valence-corrected chi connectivity index (χ2v) is 7.57. The number of aromatic hydroxyl groups is 1. The van der Waals surface area contributed by atoms with Crippen LogP contribution in [0.4, 0.5) is 0 Å². The number of hydrogen-bond acceptors (Lipinski definition) is 6. The Balaban J connectivity index is 1.58. The highest BCUT2D eigenvalue weighted by molar-refractivity contribution is 6.08. The summed E-state index contributed by atoms with van der Waals surface area (Å²) in [6.45, 7) is 2.05. The fourth-order valence-electron chi connectivity index (χ4n) is 3.79. The van der Waals surface area contributed by atoms with Crippen molar-refractivity contribution in [2.24, 2.45) is 0 Å². The van der Waals surface area contributed by atoms with Crippen molar-refractivity contribution in [3.05, 3.63) is 23.3 Å². The van der Waals surface area contributed by atoms with Crippen LogP contribution in [0.2, 0.25) is 6.32 Å². The fourth-order valence-corrected chi connectivity index (χ4v) is 3.79. The Bertz CT molecular complexity index is 751. The first kappa shape index (κ1) is 20.5. The lowest BCUT2D eigenvalue weighted by molar-refractivity contribution is -0.130. The van der Waals surface area contributed by atoms with Crippen molar-refractivity contribution in [1.29, 1.82) is 0 Å². The second kappa shape index (κ2) is 8.40. The van der Waals surface area contributed by atoms with E-state index in [0.29, 0.717) is 31.4 Å². The van der Waals surface area contributed by atoms with Gasteiger partial charge in [0.2, 0.25) is 5.91 Å². The highest BCUT2D eigenvalue weighted by atomic mass is 16.5. The third kappa shape index (κ3) is 4.10. The molecule has 28 heavy (non-hydrogen) atoms. The molecule has 3 N–H and O–H groups in total. The number of nitrogens with one attached hydrogen (secondary N) is 1. The SMILES string of the molecule is [B]CCc1ccc(OC2CN([C@H]3CN[C@@H](C(=O)N(C)C)C3)C2)c(C(=O)O)c1O. The number of carbonyl (C=O) groups excluding carboxylic acids is 1. The van der Waals surface area contributed by atoms with Gasteiger partial charge in [0.25, 0.3) is 0 Å². The molecular weight excluding hydrogens is 361 g/mol. The molecule has 2 radical (unpaired) electrons. The number of aromatic carboxylic acids is 1. The van der Waals surface area contributed by atoms with Gasteiger partial charge in [-0.25, -0.2) is 4.79 Å². The number of carbonyl (C=O) groups is 2. The summed E-state index contributed by atoms with van der Waals surface area (Å²) in [5, 5.41) is 23.0. The van der Waals surface area contributed by atoms with E-state index in [4.69, 9.17) is 12.6 Å². The minimum absolute atomic E-state index is 0.0787. The van der Waals surface area contributed by atoms with E-state index in [1.165, 1.54) is 0 Å². The zero-order valence-corrected chi connectivity index (χ0v) is 16.2. The standard InChI is InChI=1S/C19H26BN3O5/c1-22(2)18(25)14-7-12(8-21-14)23-9-13(10-23)28-15-4-3-11(5-6-20)17(24)16(15)19(26)27/h3-4,12-14,21,24H,5-10H2,1-2H3,(H,26,27)/t12-,14-/m1/s1. The number of phenols is 1. The van der Waals surface area contributed by atoms with Crippen LogP contribution >= 0.6 is 0 Å². The van der Waals surface area contributed by atoms with E-state index in [1.54, 1.807) is 31.1 Å². The van der Waals surface area contributed by atoms with Crippen LogP contribution in [0.5, 0.6) is 11.5 Å². The van der Waals surface area contributed by atoms with Crippen LogP contribution in [0, 0.1) is 0 Å². The number of carboxylic acids is 1. The third-order valence-electron chi connectivity index (χ3n) is 5.38. The summed E-state index contributed by atoms with van der Waals surface area (Å²) in [7, 11) is 9.00. The summed E-state index contributed by atoms with van der Waals surface area (Å²) >= 11 is 0. The first-order chi connectivity index (χ1) is 13.3. The Labute approximate surface area is 165 Å². The van der Waals surface area contributed by atoms with Gasteiger partial charge in [0.05, 0.1) is 13.9 Å². The van der Waals surface area contributed by atoms with E-state index >= 15 is 0 Å². The molecule has 0 unspecified atom stereocenters. The van der Waals surface area contributed by atoms with E-state index in [0.717, 1.165) is 13.0 Å². The smallest absolute Gasteiger partial charge is 0.343 e. The van der Waals surface area contributed by atoms with Crippen molar-refractivity contribution in [2.75, 3.05) is 33.7 Å². The number of ether oxygens (including phenoxy) is 1. The monoisotopic (exact) mass is 387 g/mol. The molecule has 0 bridgehead atoms. The van der Waals surface area contributed by atoms with E-state index in [9.17, 15) is 19.8 Å². The van der Waals surface area contributed by atoms with Crippen molar-refractivity contribution in [2.45, 2.75) is 37.3 Å². The van der Waals surface area contributed by atoms with Gasteiger partial charge >= 0.3 is 5.97 Å². The van der Waals surface area contributed by atoms with Crippen molar-refractivity contribution in [3.8, 4) is 11.5 Å². The minimum Gasteiger partial charge on any atom is -0.507 e. The van der Waals surface area contributed by atoms with Gasteiger partial charge in [-0.05, 0) is 24.5 Å². The predicted molar refractivity (Wildman–Crippen MR) is 104 cm³/mol. The molecule has 2 aliphatic rings. The summed E-state index contributed by atoms with van der Waals surface area (Å²) in [5.41, 5.74) is 0.277. The molecule has 0 aliphatic carbocycles. The van der Waals surface area contributed by atoms with Crippen molar-refractivity contribution in [3.63, 3.8) is 0 Å². The van der Waals surface area contributed by atoms with Crippen LogP contribution in [0.1, 0.15) is 22.3 Å². The first-order valence-electron chi connectivity index (χ1n) is 9.45. The summed E-state index contributed by atoms with van der Waals surface area (Å²) in [4.78, 5) is 27.5. The minimum atomic E-state index is -1.23. The second-order valence-electron chi connectivity index (χ2n) is 7.57. The lowest BCUT2D eigenvalue weighted by Gasteiger charge is -2.42. The molecule has 1 aromatic carbocycles. The summed E-state index contributed by atoms with van der Waals surface area (Å²) < 4.78 is 5.85. The number of benzene rings is 1. The predicted octanol–water partition coefficient (Wildman–Crippen LogP) is 0.101. The number of rotatable bonds is 7. The Morgan fingerprint density at radius 2 is 2.07 bits per heavy atom. The highest BCUT2D eigenvalue weighted by Crippen LogP contribution is 2.34. The molecular formula is C19H26BN3O5. The Morgan fingerprint density at radius 3 is 2.68 bits per heavy atom. The van der Waals surface area contributed by atoms with Gasteiger partial charge < -0.3 is 25.2 Å². The van der Waals surface area contributed by atoms with E-state index < -0.39 is 5.97 Å². The highest BCUT2D eigenvalue weighted by Gasteiger charge is 2.40. The Hall–Kier alpha value is -2.26. The van der Waals surface area contributed by atoms with Gasteiger partial charge in [0, 0.05) is 39.8 Å². The fraction of sp³-hybridized carbons (Fsp3) is 0.579. The van der Waals surface area contributed by atoms with E-state index in [1.807, 2.05) is 0 Å². The molecule has 2 atom stereocenters. The van der Waals surface area contributed by atoms with Gasteiger partial charge in [0.1, 0.15) is 23.2 Å². The Kier molecular flexibility index (Phi) is 6.15. The lowest BCUT2D eigenvalue weighted by atomic mass is 9.95. The number of likely N-dealkylation sites (tertiary alicyclic amines) is 1. The van der Waals surface area contributed by atoms with Crippen molar-refractivity contribution < 1.29 is 24.5 Å². The van der Waals surface area contributed by atoms with Crippen LogP contribution < -0.4 is 10.1 Å². The average Bonchev–Trinajstić information content (AvgIpc) is 3.08. The third-order valence-corrected chi connectivity index (χ3v) is 5.38. The average molecular weight is 387 g/mol. The van der Waals surface area contributed by atoms with Gasteiger partial charge in [-0.2, -0.15) is 0 Å². The summed E-state index contributed by atoms with van der Waals surface area (Å²) in [6.07, 6.45) is 1.31. The molecule has 8 nitrogen and oxygen atoms in total. The maximum Gasteiger partial charge on any atom is 0.343 e. The first-order valence-corrected chi connectivity index (χ1v) is 9.45. The normalized spacial score (nSPS) is 22.6. The van der Waals surface area contributed by atoms with Crippen LogP contribution in [-0.2, 0) is 11.2 Å². The number of aryl methyl sites for hydroxylation is 1. The van der Waals surface area contributed by atoms with Gasteiger partial charge in [-0.15, -0.1) is 0 Å². The van der Waals surface area contributed by atoms with Crippen LogP contribution in [0.3, 0.4) is 0 Å². The van der Waals surface area contributed by atoms with Crippen LogP contribution in [0.15, 0.2) is 12.1 Å². The van der Waals surface area contributed by atoms with Gasteiger partial charge in [-0.1, -0.05) is 12.4 Å². The number of nitrogens with zero attached hydrogens (tertiary/aromatic N) is 2. The Morgan fingerprint density at radius 1 is 1.36 bits per heavy atom. The quantitative estimate of drug-likeness (QED) is 0.571. The molecule has 0 aromatic heterocycles. The molecule has 2 fully saturated rings. The maximum atomic E-state index is 12.1. The molecule has 3 rings (SSSR count). The molecule has 150 valence electrons. The van der Waals surface area contributed by atoms with Crippen LogP contribution in [-0.4, -0.2) is 91.7 Å². The summed E-state index contributed by atoms with van der Waals surface area (Å²) in [5.74, 6) is -1.26. The van der Waals surface area contributed by atoms with E-state index in [-0.39, 0.29) is 41.2 Å². The summed E-state index contributed by atoms with van der Waals surface area (Å²) in [6, 6.07) is 3.33. The molecule has 2 saturated heterocycles. The number of likely N-dealkylation sites (N-methyl/N-ethyl adjacent to an activating group) is 1. The zero-order chi connectivity index (χ0) is 20.4. The molecule has 1 aromatic rings. The van der Waals surface area contributed by atoms with Crippen LogP contribution in [0.25, 0.3) is 0 Å². The maximum absolute atomic E-state index is 12.1. The molecule has 0 spiro atoms. The van der Waals surface area contributed by atoms with Crippen molar-refractivity contribution >= 4 is 19.7 Å².